The largest absolute Gasteiger partial charge is 0.454 e. The average Bonchev–Trinajstić information content (AvgIpc) is 3.42. The third-order valence-corrected chi connectivity index (χ3v) is 6.24. The van der Waals surface area contributed by atoms with Crippen molar-refractivity contribution < 1.29 is 27.4 Å². The van der Waals surface area contributed by atoms with Crippen molar-refractivity contribution in [3.63, 3.8) is 0 Å². The van der Waals surface area contributed by atoms with Gasteiger partial charge >= 0.3 is 0 Å². The minimum absolute atomic E-state index is 0.0474. The van der Waals surface area contributed by atoms with Crippen LogP contribution in [0.3, 0.4) is 0 Å². The third-order valence-electron chi connectivity index (χ3n) is 4.82. The van der Waals surface area contributed by atoms with E-state index in [1.54, 1.807) is 24.3 Å². The molecule has 1 saturated heterocycles. The molecule has 2 aliphatic heterocycles. The van der Waals surface area contributed by atoms with E-state index < -0.39 is 10.0 Å². The summed E-state index contributed by atoms with van der Waals surface area (Å²) in [4.78, 5) is 12.5. The number of hydrogen-bond acceptors (Lipinski definition) is 6. The zero-order valence-corrected chi connectivity index (χ0v) is 16.5. The molecule has 0 saturated carbocycles. The predicted molar refractivity (Wildman–Crippen MR) is 104 cm³/mol. The summed E-state index contributed by atoms with van der Waals surface area (Å²) in [6, 6.07) is 11.4. The maximum absolute atomic E-state index is 12.5. The van der Waals surface area contributed by atoms with Crippen LogP contribution >= 0.6 is 0 Å². The molecule has 1 unspecified atom stereocenters. The van der Waals surface area contributed by atoms with Crippen LogP contribution in [0.5, 0.6) is 11.5 Å². The molecular formula is C20H22N2O6S. The van der Waals surface area contributed by atoms with Crippen molar-refractivity contribution in [3.8, 4) is 11.5 Å². The fraction of sp³-hybridized carbons (Fsp3) is 0.350. The maximum atomic E-state index is 12.5. The zero-order valence-electron chi connectivity index (χ0n) is 15.7. The van der Waals surface area contributed by atoms with E-state index in [4.69, 9.17) is 14.2 Å². The Hall–Kier alpha value is -2.62. The minimum Gasteiger partial charge on any atom is -0.454 e. The Morgan fingerprint density at radius 1 is 1.10 bits per heavy atom. The van der Waals surface area contributed by atoms with Crippen molar-refractivity contribution in [1.29, 1.82) is 0 Å². The monoisotopic (exact) mass is 418 g/mol. The molecule has 2 aliphatic rings. The molecule has 2 N–H and O–H groups in total. The number of carbonyl (C=O) groups excluding carboxylic acids is 1. The Kier molecular flexibility index (Phi) is 5.70. The van der Waals surface area contributed by atoms with Crippen LogP contribution in [-0.2, 0) is 21.3 Å². The van der Waals surface area contributed by atoms with Gasteiger partial charge in [-0.15, -0.1) is 0 Å². The van der Waals surface area contributed by atoms with Crippen LogP contribution < -0.4 is 19.5 Å². The molecule has 2 aromatic carbocycles. The molecule has 0 aliphatic carbocycles. The first kappa shape index (κ1) is 19.7. The number of ether oxygens (including phenoxy) is 3. The smallest absolute Gasteiger partial charge is 0.251 e. The lowest BCUT2D eigenvalue weighted by Crippen LogP contribution is -2.32. The van der Waals surface area contributed by atoms with Crippen LogP contribution in [0.2, 0.25) is 0 Å². The lowest BCUT2D eigenvalue weighted by Gasteiger charge is -2.12. The van der Waals surface area contributed by atoms with Gasteiger partial charge in [0.2, 0.25) is 16.8 Å². The summed E-state index contributed by atoms with van der Waals surface area (Å²) < 4.78 is 43.6. The van der Waals surface area contributed by atoms with Crippen LogP contribution in [0.15, 0.2) is 47.4 Å². The van der Waals surface area contributed by atoms with Gasteiger partial charge in [-0.05, 0) is 48.7 Å². The summed E-state index contributed by atoms with van der Waals surface area (Å²) in [6.07, 6.45) is 1.67. The van der Waals surface area contributed by atoms with E-state index in [9.17, 15) is 13.2 Å². The fourth-order valence-electron chi connectivity index (χ4n) is 3.23. The molecule has 1 fully saturated rings. The highest BCUT2D eigenvalue weighted by Crippen LogP contribution is 2.32. The van der Waals surface area contributed by atoms with Gasteiger partial charge in [-0.3, -0.25) is 4.79 Å². The topological polar surface area (TPSA) is 103 Å². The number of fused-ring (bicyclic) bond motifs is 1. The van der Waals surface area contributed by atoms with E-state index in [0.717, 1.165) is 18.4 Å². The first-order valence-electron chi connectivity index (χ1n) is 9.39. The van der Waals surface area contributed by atoms with Crippen molar-refractivity contribution in [2.75, 3.05) is 19.9 Å². The van der Waals surface area contributed by atoms with Gasteiger partial charge in [-0.1, -0.05) is 12.1 Å². The van der Waals surface area contributed by atoms with E-state index in [1.165, 1.54) is 12.1 Å². The first-order chi connectivity index (χ1) is 14.0. The molecule has 4 rings (SSSR count). The summed E-state index contributed by atoms with van der Waals surface area (Å²) in [5, 5.41) is 2.79. The highest BCUT2D eigenvalue weighted by atomic mass is 32.2. The van der Waals surface area contributed by atoms with E-state index in [1.807, 2.05) is 6.07 Å². The summed E-state index contributed by atoms with van der Waals surface area (Å²) in [6.45, 7) is 1.35. The van der Waals surface area contributed by atoms with E-state index in [0.29, 0.717) is 18.1 Å². The summed E-state index contributed by atoms with van der Waals surface area (Å²) in [7, 11) is -3.72. The van der Waals surface area contributed by atoms with Gasteiger partial charge in [0.1, 0.15) is 0 Å². The number of amides is 1. The van der Waals surface area contributed by atoms with Gasteiger partial charge in [0.05, 0.1) is 11.0 Å². The standard InChI is InChI=1S/C20H22N2O6S/c23-20(21-11-14-6-7-18-19(9-14)28-13-27-18)15-3-1-5-17(10-15)29(24,25)22-12-16-4-2-8-26-16/h1,3,5-7,9-10,16,22H,2,4,8,11-13H2,(H,21,23). The Labute approximate surface area is 169 Å². The number of nitrogens with one attached hydrogen (secondary N) is 2. The van der Waals surface area contributed by atoms with Crippen molar-refractivity contribution in [1.82, 2.24) is 10.0 Å². The average molecular weight is 418 g/mol. The van der Waals surface area contributed by atoms with E-state index >= 15 is 0 Å². The van der Waals surface area contributed by atoms with Crippen molar-refractivity contribution >= 4 is 15.9 Å². The molecule has 9 heteroatoms. The van der Waals surface area contributed by atoms with Gasteiger partial charge < -0.3 is 19.5 Å². The van der Waals surface area contributed by atoms with Gasteiger partial charge in [0.25, 0.3) is 5.91 Å². The highest BCUT2D eigenvalue weighted by Gasteiger charge is 2.21. The number of rotatable bonds is 7. The lowest BCUT2D eigenvalue weighted by molar-refractivity contribution is 0.0950. The lowest BCUT2D eigenvalue weighted by atomic mass is 10.2. The zero-order chi connectivity index (χ0) is 20.3. The molecule has 0 bridgehead atoms. The van der Waals surface area contributed by atoms with Crippen LogP contribution in [0.25, 0.3) is 0 Å². The minimum atomic E-state index is -3.72. The van der Waals surface area contributed by atoms with Gasteiger partial charge in [0, 0.05) is 25.3 Å². The molecule has 0 aromatic heterocycles. The summed E-state index contributed by atoms with van der Waals surface area (Å²) in [5.74, 6) is 0.953. The molecule has 154 valence electrons. The van der Waals surface area contributed by atoms with Gasteiger partial charge in [0.15, 0.2) is 11.5 Å². The second kappa shape index (κ2) is 8.40. The highest BCUT2D eigenvalue weighted by molar-refractivity contribution is 7.89. The molecule has 2 aromatic rings. The van der Waals surface area contributed by atoms with Crippen molar-refractivity contribution in [3.05, 3.63) is 53.6 Å². The Morgan fingerprint density at radius 2 is 1.97 bits per heavy atom. The quantitative estimate of drug-likeness (QED) is 0.711. The molecular weight excluding hydrogens is 396 g/mol. The van der Waals surface area contributed by atoms with Crippen molar-refractivity contribution in [2.45, 2.75) is 30.4 Å². The normalized spacial score (nSPS) is 18.0. The SMILES string of the molecule is O=C(NCc1ccc2c(c1)OCO2)c1cccc(S(=O)(=O)NCC2CCCO2)c1. The van der Waals surface area contributed by atoms with E-state index in [2.05, 4.69) is 10.0 Å². The predicted octanol–water partition coefficient (Wildman–Crippen LogP) is 1.80. The summed E-state index contributed by atoms with van der Waals surface area (Å²) in [5.41, 5.74) is 1.12. The number of benzene rings is 2. The van der Waals surface area contributed by atoms with Crippen LogP contribution in [-0.4, -0.2) is 40.4 Å². The van der Waals surface area contributed by atoms with Gasteiger partial charge in [-0.2, -0.15) is 0 Å². The van der Waals surface area contributed by atoms with Crippen LogP contribution in [0.1, 0.15) is 28.8 Å². The molecule has 29 heavy (non-hydrogen) atoms. The molecule has 0 radical (unpaired) electrons. The molecule has 2 heterocycles. The third kappa shape index (κ3) is 4.69. The molecule has 8 nitrogen and oxygen atoms in total. The van der Waals surface area contributed by atoms with E-state index in [-0.39, 0.29) is 42.4 Å². The Balaban J connectivity index is 1.38. The number of carbonyl (C=O) groups is 1. The molecule has 1 amide bonds. The Morgan fingerprint density at radius 3 is 2.79 bits per heavy atom. The second-order valence-corrected chi connectivity index (χ2v) is 8.65. The summed E-state index contributed by atoms with van der Waals surface area (Å²) >= 11 is 0. The number of sulfonamides is 1. The van der Waals surface area contributed by atoms with Gasteiger partial charge in [-0.25, -0.2) is 13.1 Å². The maximum Gasteiger partial charge on any atom is 0.251 e. The molecule has 0 spiro atoms. The fourth-order valence-corrected chi connectivity index (χ4v) is 4.34. The second-order valence-electron chi connectivity index (χ2n) is 6.89. The first-order valence-corrected chi connectivity index (χ1v) is 10.9. The van der Waals surface area contributed by atoms with Crippen LogP contribution in [0, 0.1) is 0 Å². The van der Waals surface area contributed by atoms with Crippen molar-refractivity contribution in [2.24, 2.45) is 0 Å². The molecule has 1 atom stereocenters. The number of hydrogen-bond donors (Lipinski definition) is 2. The Bertz CT molecular complexity index is 1000. The van der Waals surface area contributed by atoms with Crippen LogP contribution in [0.4, 0.5) is 0 Å².